The van der Waals surface area contributed by atoms with Gasteiger partial charge in [0.25, 0.3) is 0 Å². The summed E-state index contributed by atoms with van der Waals surface area (Å²) in [6.07, 6.45) is 36.4. The largest absolute Gasteiger partial charge is 0.472 e. The van der Waals surface area contributed by atoms with E-state index in [4.69, 9.17) is 18.5 Å². The van der Waals surface area contributed by atoms with Crippen molar-refractivity contribution in [3.05, 3.63) is 85.1 Å². The molecular formula is C49H81O13P. The molecular weight excluding hydrogens is 828 g/mol. The lowest BCUT2D eigenvalue weighted by Crippen LogP contribution is -2.64. The number of ether oxygens (including phenoxy) is 2. The first-order valence-electron chi connectivity index (χ1n) is 23.4. The van der Waals surface area contributed by atoms with Crippen molar-refractivity contribution in [2.45, 2.75) is 198 Å². The molecule has 13 nitrogen and oxygen atoms in total. The van der Waals surface area contributed by atoms with Crippen molar-refractivity contribution in [3.63, 3.8) is 0 Å². The third-order valence-corrected chi connectivity index (χ3v) is 11.2. The van der Waals surface area contributed by atoms with Crippen molar-refractivity contribution in [2.75, 3.05) is 13.2 Å². The molecule has 1 fully saturated rings. The Morgan fingerprint density at radius 2 is 0.905 bits per heavy atom. The van der Waals surface area contributed by atoms with Gasteiger partial charge < -0.3 is 39.9 Å². The number of allylic oxidation sites excluding steroid dienone is 14. The van der Waals surface area contributed by atoms with E-state index in [1.54, 1.807) is 0 Å². The Morgan fingerprint density at radius 1 is 0.508 bits per heavy atom. The number of phosphoric acid groups is 1. The van der Waals surface area contributed by atoms with Crippen LogP contribution in [0.5, 0.6) is 0 Å². The summed E-state index contributed by atoms with van der Waals surface area (Å²) in [4.78, 5) is 35.7. The number of esters is 2. The first kappa shape index (κ1) is 58.0. The van der Waals surface area contributed by atoms with Gasteiger partial charge in [0.1, 0.15) is 43.2 Å². The van der Waals surface area contributed by atoms with Gasteiger partial charge in [-0.3, -0.25) is 18.6 Å². The first-order chi connectivity index (χ1) is 30.4. The molecule has 0 amide bonds. The zero-order chi connectivity index (χ0) is 46.4. The smallest absolute Gasteiger partial charge is 0.462 e. The second-order valence-corrected chi connectivity index (χ2v) is 17.3. The van der Waals surface area contributed by atoms with E-state index in [-0.39, 0.29) is 12.8 Å². The number of phosphoric ester groups is 1. The summed E-state index contributed by atoms with van der Waals surface area (Å²) in [5.74, 6) is -1.18. The Balaban J connectivity index is 2.52. The Morgan fingerprint density at radius 3 is 1.41 bits per heavy atom. The standard InChI is InChI=1S/C49H81O13P/c1-3-5-7-9-11-13-15-17-19-20-21-22-24-26-28-30-32-34-36-38-43(51)61-41(40-60-63(57,58)62-49-47(55)45(53)44(52)46(54)48(49)56)39-59-42(50)37-35-33-31-29-27-25-23-18-16-14-12-10-8-6-4-2/h5,7,11,13,17-19,21-23,26-29,41,44-49,52-56H,3-4,6,8-10,12,14-16,20,24-25,30-40H2,1-2H3,(H,57,58)/b7-5+,13-11+,19-17+,22-21+,23-18+,28-26+,29-27+/t41-,44?,45-,46?,47?,48?,49?/m1/s1. The Kier molecular flexibility index (Phi) is 35.3. The van der Waals surface area contributed by atoms with E-state index in [0.29, 0.717) is 12.8 Å². The average molecular weight is 909 g/mol. The maximum absolute atomic E-state index is 12.8. The summed E-state index contributed by atoms with van der Waals surface area (Å²) >= 11 is 0. The zero-order valence-electron chi connectivity index (χ0n) is 38.1. The molecule has 1 aliphatic rings. The van der Waals surface area contributed by atoms with E-state index in [1.165, 1.54) is 38.5 Å². The molecule has 1 rings (SSSR count). The fraction of sp³-hybridized carbons (Fsp3) is 0.673. The minimum Gasteiger partial charge on any atom is -0.462 e. The van der Waals surface area contributed by atoms with Gasteiger partial charge in [-0.2, -0.15) is 0 Å². The number of unbranched alkanes of at least 4 members (excludes halogenated alkanes) is 11. The van der Waals surface area contributed by atoms with Crippen LogP contribution in [0, 0.1) is 0 Å². The van der Waals surface area contributed by atoms with Gasteiger partial charge in [-0.1, -0.05) is 137 Å². The van der Waals surface area contributed by atoms with Crippen LogP contribution in [0.1, 0.15) is 155 Å². The molecule has 0 saturated heterocycles. The van der Waals surface area contributed by atoms with Gasteiger partial charge in [0.2, 0.25) is 0 Å². The monoisotopic (exact) mass is 909 g/mol. The van der Waals surface area contributed by atoms with Gasteiger partial charge >= 0.3 is 19.8 Å². The van der Waals surface area contributed by atoms with Crippen molar-refractivity contribution in [1.29, 1.82) is 0 Å². The highest BCUT2D eigenvalue weighted by Gasteiger charge is 2.51. The van der Waals surface area contributed by atoms with Crippen LogP contribution in [0.3, 0.4) is 0 Å². The van der Waals surface area contributed by atoms with Gasteiger partial charge in [0.05, 0.1) is 6.61 Å². The summed E-state index contributed by atoms with van der Waals surface area (Å²) in [6, 6.07) is 0. The lowest BCUT2D eigenvalue weighted by molar-refractivity contribution is -0.220. The second-order valence-electron chi connectivity index (χ2n) is 15.9. The van der Waals surface area contributed by atoms with Crippen LogP contribution in [-0.4, -0.2) is 98.3 Å². The van der Waals surface area contributed by atoms with Crippen molar-refractivity contribution in [2.24, 2.45) is 0 Å². The topological polar surface area (TPSA) is 210 Å². The Labute approximate surface area is 378 Å². The molecule has 0 aromatic rings. The number of rotatable bonds is 37. The molecule has 0 radical (unpaired) electrons. The van der Waals surface area contributed by atoms with E-state index >= 15 is 0 Å². The number of aliphatic hydroxyl groups is 5. The molecule has 360 valence electrons. The van der Waals surface area contributed by atoms with Crippen LogP contribution in [0.2, 0.25) is 0 Å². The second kappa shape index (κ2) is 38.3. The SMILES string of the molecule is CC/C=C/C/C=C/C/C=C/C/C=C/C/C=C/CCCCCC(=O)O[C@H](COC(=O)CCCC/C=C/C/C=C/CCCCCCCC)COP(=O)(O)OC1C(O)C(O)C(O)[C@@H](O)C1O. The van der Waals surface area contributed by atoms with E-state index < -0.39 is 75.7 Å². The van der Waals surface area contributed by atoms with Crippen LogP contribution in [0.15, 0.2) is 85.1 Å². The minimum atomic E-state index is -5.14. The summed E-state index contributed by atoms with van der Waals surface area (Å²) in [6.45, 7) is 3.11. The lowest BCUT2D eigenvalue weighted by Gasteiger charge is -2.41. The third-order valence-electron chi connectivity index (χ3n) is 10.2. The van der Waals surface area contributed by atoms with Crippen LogP contribution in [0.25, 0.3) is 0 Å². The van der Waals surface area contributed by atoms with E-state index in [1.807, 2.05) is 0 Å². The Bertz CT molecular complexity index is 1420. The summed E-state index contributed by atoms with van der Waals surface area (Å²) in [7, 11) is -5.14. The van der Waals surface area contributed by atoms with Crippen molar-refractivity contribution in [3.8, 4) is 0 Å². The summed E-state index contributed by atoms with van der Waals surface area (Å²) in [5.41, 5.74) is 0. The normalized spacial score (nSPS) is 22.5. The van der Waals surface area contributed by atoms with Crippen molar-refractivity contribution < 1.29 is 63.1 Å². The van der Waals surface area contributed by atoms with Crippen molar-refractivity contribution >= 4 is 19.8 Å². The summed E-state index contributed by atoms with van der Waals surface area (Å²) in [5, 5.41) is 50.2. The maximum atomic E-state index is 12.8. The highest BCUT2D eigenvalue weighted by atomic mass is 31.2. The molecule has 8 atom stereocenters. The molecule has 0 bridgehead atoms. The number of hydrogen-bond acceptors (Lipinski definition) is 12. The molecule has 1 aliphatic carbocycles. The molecule has 63 heavy (non-hydrogen) atoms. The minimum absolute atomic E-state index is 0.0460. The van der Waals surface area contributed by atoms with Gasteiger partial charge in [0.15, 0.2) is 6.10 Å². The highest BCUT2D eigenvalue weighted by Crippen LogP contribution is 2.47. The molecule has 0 aromatic heterocycles. The van der Waals surface area contributed by atoms with E-state index in [9.17, 15) is 44.6 Å². The van der Waals surface area contributed by atoms with Gasteiger partial charge in [0, 0.05) is 12.8 Å². The number of carbonyl (C=O) groups excluding carboxylic acids is 2. The number of hydrogen-bond donors (Lipinski definition) is 6. The fourth-order valence-corrected chi connectivity index (χ4v) is 7.43. The molecule has 0 heterocycles. The quantitative estimate of drug-likeness (QED) is 0.0149. The van der Waals surface area contributed by atoms with Gasteiger partial charge in [-0.05, 0) is 89.9 Å². The van der Waals surface area contributed by atoms with E-state index in [0.717, 1.165) is 77.0 Å². The van der Waals surface area contributed by atoms with Crippen LogP contribution in [-0.2, 0) is 32.7 Å². The number of aliphatic hydroxyl groups excluding tert-OH is 5. The molecule has 0 aliphatic heterocycles. The lowest BCUT2D eigenvalue weighted by atomic mass is 9.85. The van der Waals surface area contributed by atoms with Gasteiger partial charge in [-0.15, -0.1) is 0 Å². The molecule has 6 N–H and O–H groups in total. The number of carbonyl (C=O) groups is 2. The van der Waals surface area contributed by atoms with Crippen LogP contribution in [0.4, 0.5) is 0 Å². The Hall–Kier alpha value is -2.97. The summed E-state index contributed by atoms with van der Waals surface area (Å²) < 4.78 is 33.5. The molecule has 0 aromatic carbocycles. The molecule has 1 saturated carbocycles. The molecule has 14 heteroatoms. The predicted octanol–water partition coefficient (Wildman–Crippen LogP) is 9.28. The highest BCUT2D eigenvalue weighted by molar-refractivity contribution is 7.47. The van der Waals surface area contributed by atoms with Gasteiger partial charge in [-0.25, -0.2) is 4.57 Å². The molecule has 0 spiro atoms. The predicted molar refractivity (Wildman–Crippen MR) is 248 cm³/mol. The average Bonchev–Trinajstić information content (AvgIpc) is 3.26. The zero-order valence-corrected chi connectivity index (χ0v) is 39.0. The van der Waals surface area contributed by atoms with Crippen LogP contribution >= 0.6 is 7.82 Å². The first-order valence-corrected chi connectivity index (χ1v) is 24.9. The van der Waals surface area contributed by atoms with E-state index in [2.05, 4.69) is 98.9 Å². The third kappa shape index (κ3) is 30.7. The van der Waals surface area contributed by atoms with Crippen LogP contribution < -0.4 is 0 Å². The maximum Gasteiger partial charge on any atom is 0.472 e. The fourth-order valence-electron chi connectivity index (χ4n) is 6.46. The molecule has 6 unspecified atom stereocenters. The van der Waals surface area contributed by atoms with Crippen molar-refractivity contribution in [1.82, 2.24) is 0 Å².